The Morgan fingerprint density at radius 3 is 2.95 bits per heavy atom. The lowest BCUT2D eigenvalue weighted by Crippen LogP contribution is -2.38. The summed E-state index contributed by atoms with van der Waals surface area (Å²) < 4.78 is 6.58. The molecule has 0 fully saturated rings. The minimum absolute atomic E-state index is 0.110. The summed E-state index contributed by atoms with van der Waals surface area (Å²) in [5.41, 5.74) is 7.81. The van der Waals surface area contributed by atoms with Crippen molar-refractivity contribution in [3.05, 3.63) is 41.6 Å². The monoisotopic (exact) mass is 298 g/mol. The molecule has 0 aliphatic carbocycles. The van der Waals surface area contributed by atoms with E-state index in [1.54, 1.807) is 13.3 Å². The number of hydrogen-bond acceptors (Lipinski definition) is 5. The molecule has 0 atom stereocenters. The quantitative estimate of drug-likeness (QED) is 0.572. The number of methoxy groups -OCH3 is 1. The largest absolute Gasteiger partial charge is 0.497 e. The summed E-state index contributed by atoms with van der Waals surface area (Å²) in [4.78, 5) is 6.32. The van der Waals surface area contributed by atoms with Gasteiger partial charge in [-0.25, -0.2) is 4.98 Å². The van der Waals surface area contributed by atoms with Crippen LogP contribution in [0.2, 0.25) is 0 Å². The SMILES string of the molecule is COc1ccc2c(c1)CCCN2c1nccn(C(=N)N)c1=N. The van der Waals surface area contributed by atoms with E-state index in [0.717, 1.165) is 30.8 Å². The summed E-state index contributed by atoms with van der Waals surface area (Å²) in [6.45, 7) is 0.778. The van der Waals surface area contributed by atoms with Gasteiger partial charge >= 0.3 is 0 Å². The average molecular weight is 298 g/mol. The highest BCUT2D eigenvalue weighted by atomic mass is 16.5. The van der Waals surface area contributed by atoms with Crippen LogP contribution in [0.15, 0.2) is 30.6 Å². The first-order valence-corrected chi connectivity index (χ1v) is 7.03. The number of nitrogens with one attached hydrogen (secondary N) is 2. The molecule has 1 aliphatic rings. The molecule has 2 aromatic rings. The molecular weight excluding hydrogens is 280 g/mol. The van der Waals surface area contributed by atoms with Crippen molar-refractivity contribution in [3.63, 3.8) is 0 Å². The van der Waals surface area contributed by atoms with Gasteiger partial charge in [-0.15, -0.1) is 0 Å². The highest BCUT2D eigenvalue weighted by Gasteiger charge is 2.21. The third-order valence-corrected chi connectivity index (χ3v) is 3.79. The third-order valence-electron chi connectivity index (χ3n) is 3.79. The van der Waals surface area contributed by atoms with Crippen molar-refractivity contribution in [2.45, 2.75) is 12.8 Å². The predicted octanol–water partition coefficient (Wildman–Crippen LogP) is 1.20. The molecule has 114 valence electrons. The van der Waals surface area contributed by atoms with Gasteiger partial charge in [0.2, 0.25) is 0 Å². The molecule has 4 N–H and O–H groups in total. The van der Waals surface area contributed by atoms with Crippen molar-refractivity contribution in [1.82, 2.24) is 9.55 Å². The minimum Gasteiger partial charge on any atom is -0.497 e. The van der Waals surface area contributed by atoms with Gasteiger partial charge in [0.1, 0.15) is 5.75 Å². The number of anilines is 2. The molecule has 7 nitrogen and oxygen atoms in total. The smallest absolute Gasteiger partial charge is 0.198 e. The molecule has 0 spiro atoms. The van der Waals surface area contributed by atoms with Crippen LogP contribution < -0.4 is 20.9 Å². The van der Waals surface area contributed by atoms with Gasteiger partial charge in [0.15, 0.2) is 17.3 Å². The number of aryl methyl sites for hydroxylation is 1. The van der Waals surface area contributed by atoms with Crippen molar-refractivity contribution >= 4 is 17.5 Å². The lowest BCUT2D eigenvalue weighted by atomic mass is 10.0. The van der Waals surface area contributed by atoms with E-state index in [1.165, 1.54) is 16.3 Å². The molecule has 0 saturated heterocycles. The number of benzene rings is 1. The molecule has 3 rings (SSSR count). The van der Waals surface area contributed by atoms with Crippen molar-refractivity contribution in [2.24, 2.45) is 5.73 Å². The van der Waals surface area contributed by atoms with Gasteiger partial charge in [-0.05, 0) is 36.6 Å². The molecule has 22 heavy (non-hydrogen) atoms. The number of nitrogens with zero attached hydrogens (tertiary/aromatic N) is 3. The van der Waals surface area contributed by atoms with Crippen LogP contribution in [0.3, 0.4) is 0 Å². The fourth-order valence-corrected chi connectivity index (χ4v) is 2.73. The summed E-state index contributed by atoms with van der Waals surface area (Å²) in [6.07, 6.45) is 5.02. The van der Waals surface area contributed by atoms with Crippen LogP contribution in [0, 0.1) is 10.8 Å². The molecule has 2 heterocycles. The molecule has 1 aliphatic heterocycles. The standard InChI is InChI=1S/C15H18N6O/c1-22-11-4-5-12-10(9-11)3-2-7-20(12)14-13(16)21(15(17)18)8-6-19-14/h4-6,8-9,16H,2-3,7H2,1H3,(H3,17,18). The van der Waals surface area contributed by atoms with Crippen LogP contribution in [-0.2, 0) is 6.42 Å². The molecule has 1 aromatic carbocycles. The van der Waals surface area contributed by atoms with E-state index in [-0.39, 0.29) is 11.4 Å². The molecule has 0 saturated carbocycles. The summed E-state index contributed by atoms with van der Waals surface area (Å²) >= 11 is 0. The summed E-state index contributed by atoms with van der Waals surface area (Å²) in [5, 5.41) is 15.8. The number of nitrogen functional groups attached to an aromatic ring is 1. The zero-order chi connectivity index (χ0) is 15.7. The molecule has 0 amide bonds. The maximum absolute atomic E-state index is 8.25. The zero-order valence-corrected chi connectivity index (χ0v) is 12.3. The van der Waals surface area contributed by atoms with Crippen LogP contribution in [0.25, 0.3) is 0 Å². The minimum atomic E-state index is -0.194. The predicted molar refractivity (Wildman–Crippen MR) is 83.7 cm³/mol. The zero-order valence-electron chi connectivity index (χ0n) is 12.3. The number of fused-ring (bicyclic) bond motifs is 1. The van der Waals surface area contributed by atoms with Crippen molar-refractivity contribution in [3.8, 4) is 5.75 Å². The van der Waals surface area contributed by atoms with Gasteiger partial charge in [-0.3, -0.25) is 15.4 Å². The summed E-state index contributed by atoms with van der Waals surface area (Å²) in [7, 11) is 1.65. The number of hydrogen-bond donors (Lipinski definition) is 3. The normalized spacial score (nSPS) is 13.6. The maximum Gasteiger partial charge on any atom is 0.198 e. The Hall–Kier alpha value is -2.83. The van der Waals surface area contributed by atoms with E-state index >= 15 is 0 Å². The first kappa shape index (κ1) is 14.1. The second-order valence-electron chi connectivity index (χ2n) is 5.10. The van der Waals surface area contributed by atoms with E-state index in [2.05, 4.69) is 4.98 Å². The van der Waals surface area contributed by atoms with Gasteiger partial charge in [0.05, 0.1) is 7.11 Å². The first-order valence-electron chi connectivity index (χ1n) is 7.03. The Bertz CT molecular complexity index is 782. The van der Waals surface area contributed by atoms with Crippen LogP contribution in [-0.4, -0.2) is 29.2 Å². The van der Waals surface area contributed by atoms with E-state index in [4.69, 9.17) is 21.3 Å². The van der Waals surface area contributed by atoms with Crippen LogP contribution in [0.4, 0.5) is 11.5 Å². The fourth-order valence-electron chi connectivity index (χ4n) is 2.73. The molecule has 1 aromatic heterocycles. The lowest BCUT2D eigenvalue weighted by Gasteiger charge is -2.30. The molecule has 7 heteroatoms. The average Bonchev–Trinajstić information content (AvgIpc) is 2.53. The van der Waals surface area contributed by atoms with Crippen LogP contribution >= 0.6 is 0 Å². The Morgan fingerprint density at radius 1 is 1.41 bits per heavy atom. The number of aromatic nitrogens is 2. The van der Waals surface area contributed by atoms with Gasteiger partial charge in [0.25, 0.3) is 0 Å². The second kappa shape index (κ2) is 5.51. The van der Waals surface area contributed by atoms with Gasteiger partial charge < -0.3 is 15.4 Å². The van der Waals surface area contributed by atoms with Gasteiger partial charge in [-0.1, -0.05) is 0 Å². The van der Waals surface area contributed by atoms with E-state index in [9.17, 15) is 0 Å². The van der Waals surface area contributed by atoms with Crippen LogP contribution in [0.1, 0.15) is 12.0 Å². The lowest BCUT2D eigenvalue weighted by molar-refractivity contribution is 0.414. The number of nitrogens with two attached hydrogens (primary N) is 1. The Morgan fingerprint density at radius 2 is 2.23 bits per heavy atom. The van der Waals surface area contributed by atoms with Gasteiger partial charge in [0, 0.05) is 24.6 Å². The highest BCUT2D eigenvalue weighted by molar-refractivity contribution is 5.77. The maximum atomic E-state index is 8.25. The number of ether oxygens (including phenoxy) is 1. The molecule has 0 bridgehead atoms. The summed E-state index contributed by atoms with van der Waals surface area (Å²) in [5.74, 6) is 1.14. The first-order chi connectivity index (χ1) is 10.6. The Labute approximate surface area is 128 Å². The third kappa shape index (κ3) is 2.30. The molecule has 0 radical (unpaired) electrons. The fraction of sp³-hybridized carbons (Fsp3) is 0.267. The van der Waals surface area contributed by atoms with E-state index < -0.39 is 0 Å². The Balaban J connectivity index is 2.11. The molecular formula is C15H18N6O. The number of rotatable bonds is 2. The van der Waals surface area contributed by atoms with Crippen LogP contribution in [0.5, 0.6) is 5.75 Å². The topological polar surface area (TPSA) is 104 Å². The van der Waals surface area contributed by atoms with Crippen molar-refractivity contribution in [2.75, 3.05) is 18.6 Å². The van der Waals surface area contributed by atoms with Crippen molar-refractivity contribution < 1.29 is 4.74 Å². The molecule has 0 unspecified atom stereocenters. The highest BCUT2D eigenvalue weighted by Crippen LogP contribution is 2.33. The second-order valence-corrected chi connectivity index (χ2v) is 5.10. The van der Waals surface area contributed by atoms with E-state index in [0.29, 0.717) is 5.82 Å². The van der Waals surface area contributed by atoms with E-state index in [1.807, 2.05) is 23.1 Å². The summed E-state index contributed by atoms with van der Waals surface area (Å²) in [6, 6.07) is 5.91. The van der Waals surface area contributed by atoms with Crippen molar-refractivity contribution in [1.29, 1.82) is 10.8 Å². The Kier molecular flexibility index (Phi) is 3.54. The van der Waals surface area contributed by atoms with Gasteiger partial charge in [-0.2, -0.15) is 0 Å².